The molecular weight excluding hydrogens is 457 g/mol. The zero-order chi connectivity index (χ0) is 24.3. The Morgan fingerprint density at radius 3 is 1.89 bits per heavy atom. The summed E-state index contributed by atoms with van der Waals surface area (Å²) < 4.78 is 38.2. The Morgan fingerprint density at radius 2 is 1.37 bits per heavy atom. The number of likely N-dealkylation sites (tertiary alicyclic amines) is 1. The van der Waals surface area contributed by atoms with E-state index in [1.807, 2.05) is 4.90 Å². The van der Waals surface area contributed by atoms with Crippen LogP contribution in [-0.2, 0) is 15.8 Å². The van der Waals surface area contributed by atoms with Gasteiger partial charge in [-0.15, -0.1) is 0 Å². The van der Waals surface area contributed by atoms with Crippen molar-refractivity contribution in [2.75, 3.05) is 44.2 Å². The van der Waals surface area contributed by atoms with Crippen LogP contribution in [0.25, 0.3) is 0 Å². The fourth-order valence-electron chi connectivity index (χ4n) is 6.72. The van der Waals surface area contributed by atoms with E-state index < -0.39 is 11.7 Å². The zero-order valence-electron chi connectivity index (χ0n) is 19.4. The molecule has 0 N–H and O–H groups in total. The number of piperazine rings is 1. The maximum atomic E-state index is 13.1. The molecule has 1 saturated carbocycles. The largest absolute Gasteiger partial charge is 0.417 e. The molecular formula is C26H29F3N4O2. The number of carbonyl (C=O) groups is 2. The van der Waals surface area contributed by atoms with Crippen LogP contribution in [0.1, 0.15) is 18.4 Å². The molecule has 6 aliphatic rings. The fourth-order valence-corrected chi connectivity index (χ4v) is 6.72. The molecule has 2 amide bonds. The molecule has 7 rings (SSSR count). The fraction of sp³-hybridized carbons (Fsp3) is 0.577. The Balaban J connectivity index is 0.958. The number of aromatic nitrogens is 1. The number of halogens is 3. The molecule has 9 heteroatoms. The number of hydrogen-bond donors (Lipinski definition) is 0. The number of hydrogen-bond acceptors (Lipinski definition) is 5. The van der Waals surface area contributed by atoms with Crippen molar-refractivity contribution >= 4 is 17.6 Å². The van der Waals surface area contributed by atoms with Crippen molar-refractivity contribution in [3.63, 3.8) is 0 Å². The van der Waals surface area contributed by atoms with Crippen molar-refractivity contribution in [1.29, 1.82) is 0 Å². The van der Waals surface area contributed by atoms with E-state index in [1.54, 1.807) is 0 Å². The highest BCUT2D eigenvalue weighted by molar-refractivity contribution is 6.06. The Bertz CT molecular complexity index is 1020. The number of carbonyl (C=O) groups excluding carboxylic acids is 2. The topological polar surface area (TPSA) is 56.8 Å². The SMILES string of the molecule is O=C1C2C3C=CC(C4C=CC43)C2C(=O)N1CCCCN1CCN(c2ccc(C(F)(F)F)cn2)CC1. The van der Waals surface area contributed by atoms with Gasteiger partial charge in [0.15, 0.2) is 0 Å². The molecule has 186 valence electrons. The molecule has 3 heterocycles. The number of nitrogens with zero attached hydrogens (tertiary/aromatic N) is 4. The standard InChI is InChI=1S/C26H29F3N4O2/c27-26(28,29)16-3-8-21(30-15-16)32-13-11-31(12-14-32)9-1-2-10-33-24(34)22-19-6-7-20(23(22)25(33)35)18-5-4-17(18)19/h3-8,15,17-20,22-23H,1-2,9-14H2. The summed E-state index contributed by atoms with van der Waals surface area (Å²) in [6, 6.07) is 2.51. The van der Waals surface area contributed by atoms with Gasteiger partial charge in [-0.2, -0.15) is 13.2 Å². The lowest BCUT2D eigenvalue weighted by atomic mass is 9.50. The van der Waals surface area contributed by atoms with Gasteiger partial charge in [-0.3, -0.25) is 19.4 Å². The minimum atomic E-state index is -4.38. The highest BCUT2D eigenvalue weighted by Gasteiger charge is 2.62. The van der Waals surface area contributed by atoms with Crippen LogP contribution in [0.3, 0.4) is 0 Å². The highest BCUT2D eigenvalue weighted by Crippen LogP contribution is 2.58. The second-order valence-corrected chi connectivity index (χ2v) is 10.4. The van der Waals surface area contributed by atoms with Crippen LogP contribution in [0.15, 0.2) is 42.6 Å². The Morgan fingerprint density at radius 1 is 0.800 bits per heavy atom. The summed E-state index contributed by atoms with van der Waals surface area (Å²) in [6.45, 7) is 4.38. The summed E-state index contributed by atoms with van der Waals surface area (Å²) in [4.78, 5) is 36.1. The van der Waals surface area contributed by atoms with Crippen LogP contribution in [0, 0.1) is 35.5 Å². The van der Waals surface area contributed by atoms with Gasteiger partial charge in [-0.05, 0) is 55.2 Å². The van der Waals surface area contributed by atoms with E-state index in [0.29, 0.717) is 37.3 Å². The highest BCUT2D eigenvalue weighted by atomic mass is 19.4. The smallest absolute Gasteiger partial charge is 0.354 e. The molecule has 1 aromatic heterocycles. The summed E-state index contributed by atoms with van der Waals surface area (Å²) in [5.41, 5.74) is -0.734. The Kier molecular flexibility index (Phi) is 5.51. The second-order valence-electron chi connectivity index (χ2n) is 10.4. The number of unbranched alkanes of at least 4 members (excludes halogenated alkanes) is 1. The second kappa shape index (κ2) is 8.47. The van der Waals surface area contributed by atoms with Crippen LogP contribution in [-0.4, -0.2) is 65.9 Å². The number of anilines is 1. The number of rotatable bonds is 6. The average Bonchev–Trinajstić information content (AvgIpc) is 3.08. The molecule has 2 aliphatic heterocycles. The van der Waals surface area contributed by atoms with Gasteiger partial charge in [0.05, 0.1) is 17.4 Å². The molecule has 6 atom stereocenters. The molecule has 35 heavy (non-hydrogen) atoms. The van der Waals surface area contributed by atoms with Crippen LogP contribution in [0.4, 0.5) is 19.0 Å². The van der Waals surface area contributed by atoms with Gasteiger partial charge in [0.1, 0.15) is 5.82 Å². The third-order valence-corrected chi connectivity index (χ3v) is 8.64. The van der Waals surface area contributed by atoms with Crippen LogP contribution in [0.2, 0.25) is 0 Å². The first-order chi connectivity index (χ1) is 16.8. The van der Waals surface area contributed by atoms with Gasteiger partial charge in [-0.25, -0.2) is 4.98 Å². The van der Waals surface area contributed by atoms with E-state index in [1.165, 1.54) is 11.0 Å². The number of pyridine rings is 1. The summed E-state index contributed by atoms with van der Waals surface area (Å²) in [7, 11) is 0. The molecule has 6 nitrogen and oxygen atoms in total. The summed E-state index contributed by atoms with van der Waals surface area (Å²) in [5.74, 6) is 1.49. The van der Waals surface area contributed by atoms with E-state index in [2.05, 4.69) is 34.2 Å². The minimum absolute atomic E-state index is 0.0238. The maximum Gasteiger partial charge on any atom is 0.417 e. The molecule has 0 aromatic carbocycles. The van der Waals surface area contributed by atoms with E-state index in [0.717, 1.165) is 44.7 Å². The number of imide groups is 1. The number of allylic oxidation sites excluding steroid dienone is 4. The number of alkyl halides is 3. The van der Waals surface area contributed by atoms with Gasteiger partial charge in [0.25, 0.3) is 0 Å². The average molecular weight is 487 g/mol. The summed E-state index contributed by atoms with van der Waals surface area (Å²) in [5, 5.41) is 0. The van der Waals surface area contributed by atoms with Gasteiger partial charge in [0, 0.05) is 38.9 Å². The van der Waals surface area contributed by atoms with Crippen molar-refractivity contribution in [2.24, 2.45) is 35.5 Å². The predicted molar refractivity (Wildman–Crippen MR) is 123 cm³/mol. The molecule has 0 radical (unpaired) electrons. The van der Waals surface area contributed by atoms with Crippen molar-refractivity contribution in [3.05, 3.63) is 48.2 Å². The number of amides is 2. The molecule has 3 fully saturated rings. The van der Waals surface area contributed by atoms with E-state index in [9.17, 15) is 22.8 Å². The van der Waals surface area contributed by atoms with Gasteiger partial charge >= 0.3 is 6.18 Å². The predicted octanol–water partition coefficient (Wildman–Crippen LogP) is 3.22. The first-order valence-electron chi connectivity index (χ1n) is 12.6. The van der Waals surface area contributed by atoms with E-state index >= 15 is 0 Å². The third-order valence-electron chi connectivity index (χ3n) is 8.64. The zero-order valence-corrected chi connectivity index (χ0v) is 19.4. The van der Waals surface area contributed by atoms with Crippen molar-refractivity contribution in [3.8, 4) is 0 Å². The van der Waals surface area contributed by atoms with Crippen molar-refractivity contribution in [2.45, 2.75) is 19.0 Å². The molecule has 4 aliphatic carbocycles. The lowest BCUT2D eigenvalue weighted by Crippen LogP contribution is -2.50. The molecule has 0 spiro atoms. The minimum Gasteiger partial charge on any atom is -0.354 e. The maximum absolute atomic E-state index is 13.1. The van der Waals surface area contributed by atoms with Gasteiger partial charge in [0.2, 0.25) is 11.8 Å². The van der Waals surface area contributed by atoms with Crippen molar-refractivity contribution in [1.82, 2.24) is 14.8 Å². The lowest BCUT2D eigenvalue weighted by molar-refractivity contribution is -0.140. The Labute approximate surface area is 202 Å². The molecule has 6 unspecified atom stereocenters. The van der Waals surface area contributed by atoms with Gasteiger partial charge < -0.3 is 4.90 Å². The third kappa shape index (κ3) is 3.79. The van der Waals surface area contributed by atoms with Gasteiger partial charge in [-0.1, -0.05) is 24.3 Å². The molecule has 2 saturated heterocycles. The van der Waals surface area contributed by atoms with Crippen LogP contribution < -0.4 is 4.90 Å². The first-order valence-corrected chi connectivity index (χ1v) is 12.6. The van der Waals surface area contributed by atoms with Crippen LogP contribution >= 0.6 is 0 Å². The van der Waals surface area contributed by atoms with E-state index in [4.69, 9.17) is 0 Å². The normalized spacial score (nSPS) is 33.8. The van der Waals surface area contributed by atoms with E-state index in [-0.39, 0.29) is 35.5 Å². The first kappa shape index (κ1) is 22.8. The lowest BCUT2D eigenvalue weighted by Gasteiger charge is -2.51. The summed E-state index contributed by atoms with van der Waals surface area (Å²) in [6.07, 6.45) is 6.94. The quantitative estimate of drug-likeness (QED) is 0.351. The summed E-state index contributed by atoms with van der Waals surface area (Å²) >= 11 is 0. The molecule has 2 bridgehead atoms. The monoisotopic (exact) mass is 486 g/mol. The van der Waals surface area contributed by atoms with Crippen LogP contribution in [0.5, 0.6) is 0 Å². The molecule has 1 aromatic rings. The Hall–Kier alpha value is -2.68. The van der Waals surface area contributed by atoms with Crippen molar-refractivity contribution < 1.29 is 22.8 Å².